The van der Waals surface area contributed by atoms with E-state index in [4.69, 9.17) is 14.2 Å². The zero-order valence-corrected chi connectivity index (χ0v) is 16.2. The van der Waals surface area contributed by atoms with E-state index >= 15 is 0 Å². The third kappa shape index (κ3) is 4.43. The van der Waals surface area contributed by atoms with Crippen LogP contribution >= 0.6 is 0 Å². The molecule has 140 valence electrons. The summed E-state index contributed by atoms with van der Waals surface area (Å²) in [5.74, 6) is 3.86. The summed E-state index contributed by atoms with van der Waals surface area (Å²) in [6, 6.07) is 12.5. The fraction of sp³-hybridized carbons (Fsp3) is 0.455. The number of anilines is 1. The molecule has 4 nitrogen and oxygen atoms in total. The first-order valence-electron chi connectivity index (χ1n) is 9.44. The molecule has 0 amide bonds. The molecule has 0 unspecified atom stereocenters. The van der Waals surface area contributed by atoms with E-state index in [9.17, 15) is 0 Å². The Morgan fingerprint density at radius 3 is 1.96 bits per heavy atom. The summed E-state index contributed by atoms with van der Waals surface area (Å²) in [6.45, 7) is 11.7. The van der Waals surface area contributed by atoms with Crippen molar-refractivity contribution >= 4 is 5.69 Å². The van der Waals surface area contributed by atoms with Crippen LogP contribution in [-0.4, -0.2) is 26.4 Å². The van der Waals surface area contributed by atoms with Crippen molar-refractivity contribution in [1.82, 2.24) is 0 Å². The van der Waals surface area contributed by atoms with Crippen LogP contribution in [0.15, 0.2) is 36.4 Å². The van der Waals surface area contributed by atoms with E-state index < -0.39 is 0 Å². The standard InChI is InChI=1S/C11H15NO.C11H14O2/c1-8(2)9-3-4-11-10(7-9)12-5-6-13-11;1-8(2)9-3-4-10-11(7-9)13-6-5-12-10/h3-4,7-8,12H,5-6H2,1-2H3;3-4,7-8H,5-6H2,1-2H3. The molecule has 0 bridgehead atoms. The summed E-state index contributed by atoms with van der Waals surface area (Å²) in [7, 11) is 0. The van der Waals surface area contributed by atoms with Gasteiger partial charge < -0.3 is 19.5 Å². The number of ether oxygens (including phenoxy) is 3. The van der Waals surface area contributed by atoms with Gasteiger partial charge in [-0.15, -0.1) is 0 Å². The molecule has 2 aromatic carbocycles. The Hall–Kier alpha value is -2.36. The van der Waals surface area contributed by atoms with Gasteiger partial charge in [0.05, 0.1) is 5.69 Å². The van der Waals surface area contributed by atoms with Crippen molar-refractivity contribution in [3.8, 4) is 17.2 Å². The lowest BCUT2D eigenvalue weighted by molar-refractivity contribution is 0.171. The highest BCUT2D eigenvalue weighted by atomic mass is 16.6. The molecule has 0 saturated heterocycles. The second-order valence-electron chi connectivity index (χ2n) is 7.24. The van der Waals surface area contributed by atoms with Crippen LogP contribution < -0.4 is 19.5 Å². The van der Waals surface area contributed by atoms with Crippen LogP contribution in [0.3, 0.4) is 0 Å². The number of hydrogen-bond donors (Lipinski definition) is 1. The highest BCUT2D eigenvalue weighted by molar-refractivity contribution is 5.59. The van der Waals surface area contributed by atoms with Crippen LogP contribution in [-0.2, 0) is 0 Å². The van der Waals surface area contributed by atoms with E-state index in [0.717, 1.165) is 36.1 Å². The Morgan fingerprint density at radius 2 is 1.27 bits per heavy atom. The molecule has 2 aromatic rings. The van der Waals surface area contributed by atoms with Crippen LogP contribution in [0.5, 0.6) is 17.2 Å². The van der Waals surface area contributed by atoms with Crippen molar-refractivity contribution in [2.24, 2.45) is 0 Å². The minimum atomic E-state index is 0.538. The zero-order valence-electron chi connectivity index (χ0n) is 16.2. The lowest BCUT2D eigenvalue weighted by Gasteiger charge is -2.20. The first-order chi connectivity index (χ1) is 12.5. The van der Waals surface area contributed by atoms with Crippen molar-refractivity contribution < 1.29 is 14.2 Å². The average Bonchev–Trinajstić information content (AvgIpc) is 2.67. The van der Waals surface area contributed by atoms with E-state index in [2.05, 4.69) is 63.3 Å². The number of nitrogens with one attached hydrogen (secondary N) is 1. The number of hydrogen-bond acceptors (Lipinski definition) is 4. The minimum absolute atomic E-state index is 0.538. The van der Waals surface area contributed by atoms with Gasteiger partial charge in [-0.25, -0.2) is 0 Å². The molecule has 0 fully saturated rings. The first kappa shape index (κ1) is 18.4. The van der Waals surface area contributed by atoms with Gasteiger partial charge in [0, 0.05) is 6.54 Å². The fourth-order valence-electron chi connectivity index (χ4n) is 2.94. The van der Waals surface area contributed by atoms with Gasteiger partial charge in [-0.1, -0.05) is 39.8 Å². The molecule has 0 saturated carbocycles. The lowest BCUT2D eigenvalue weighted by atomic mass is 10.0. The lowest BCUT2D eigenvalue weighted by Crippen LogP contribution is -2.18. The monoisotopic (exact) mass is 355 g/mol. The second-order valence-corrected chi connectivity index (χ2v) is 7.24. The highest BCUT2D eigenvalue weighted by Gasteiger charge is 2.12. The molecule has 0 spiro atoms. The van der Waals surface area contributed by atoms with Gasteiger partial charge in [0.15, 0.2) is 11.5 Å². The summed E-state index contributed by atoms with van der Waals surface area (Å²) < 4.78 is 16.4. The topological polar surface area (TPSA) is 39.7 Å². The largest absolute Gasteiger partial charge is 0.490 e. The molecule has 4 rings (SSSR count). The Labute approximate surface area is 156 Å². The third-order valence-corrected chi connectivity index (χ3v) is 4.58. The van der Waals surface area contributed by atoms with E-state index in [-0.39, 0.29) is 0 Å². The van der Waals surface area contributed by atoms with E-state index in [1.54, 1.807) is 0 Å². The van der Waals surface area contributed by atoms with Gasteiger partial charge >= 0.3 is 0 Å². The predicted molar refractivity (Wildman–Crippen MR) is 106 cm³/mol. The summed E-state index contributed by atoms with van der Waals surface area (Å²) >= 11 is 0. The van der Waals surface area contributed by atoms with Crippen LogP contribution in [0, 0.1) is 0 Å². The molecule has 0 aromatic heterocycles. The Bertz CT molecular complexity index is 677. The third-order valence-electron chi connectivity index (χ3n) is 4.58. The van der Waals surface area contributed by atoms with E-state index in [1.807, 2.05) is 6.07 Å². The number of benzene rings is 2. The molecular weight excluding hydrogens is 326 g/mol. The van der Waals surface area contributed by atoms with Gasteiger partial charge in [-0.05, 0) is 47.2 Å². The predicted octanol–water partition coefficient (Wildman–Crippen LogP) is 5.20. The summed E-state index contributed by atoms with van der Waals surface area (Å²) in [5.41, 5.74) is 3.79. The van der Waals surface area contributed by atoms with Crippen molar-refractivity contribution in [2.45, 2.75) is 39.5 Å². The number of rotatable bonds is 2. The maximum Gasteiger partial charge on any atom is 0.161 e. The molecule has 0 radical (unpaired) electrons. The van der Waals surface area contributed by atoms with Crippen LogP contribution in [0.1, 0.15) is 50.7 Å². The molecule has 4 heteroatoms. The molecule has 2 aliphatic heterocycles. The summed E-state index contributed by atoms with van der Waals surface area (Å²) in [4.78, 5) is 0. The quantitative estimate of drug-likeness (QED) is 0.804. The first-order valence-corrected chi connectivity index (χ1v) is 9.44. The molecule has 2 heterocycles. The van der Waals surface area contributed by atoms with E-state index in [0.29, 0.717) is 25.0 Å². The minimum Gasteiger partial charge on any atom is -0.490 e. The van der Waals surface area contributed by atoms with Crippen LogP contribution in [0.4, 0.5) is 5.69 Å². The van der Waals surface area contributed by atoms with E-state index in [1.165, 1.54) is 11.1 Å². The molecule has 0 aliphatic carbocycles. The molecule has 0 atom stereocenters. The second kappa shape index (κ2) is 8.35. The van der Waals surface area contributed by atoms with Crippen molar-refractivity contribution in [3.63, 3.8) is 0 Å². The fourth-order valence-corrected chi connectivity index (χ4v) is 2.94. The Morgan fingerprint density at radius 1 is 0.692 bits per heavy atom. The molecular formula is C22H29NO3. The SMILES string of the molecule is CC(C)c1ccc2c(c1)NCCO2.CC(C)c1ccc2c(c1)OCCO2. The maximum absolute atomic E-state index is 5.50. The average molecular weight is 355 g/mol. The highest BCUT2D eigenvalue weighted by Crippen LogP contribution is 2.33. The van der Waals surface area contributed by atoms with Crippen molar-refractivity contribution in [2.75, 3.05) is 31.7 Å². The molecule has 26 heavy (non-hydrogen) atoms. The molecule has 2 aliphatic rings. The van der Waals surface area contributed by atoms with Crippen molar-refractivity contribution in [1.29, 1.82) is 0 Å². The maximum atomic E-state index is 5.50. The Kier molecular flexibility index (Phi) is 5.92. The molecule has 1 N–H and O–H groups in total. The summed E-state index contributed by atoms with van der Waals surface area (Å²) in [5, 5.41) is 3.33. The van der Waals surface area contributed by atoms with Gasteiger partial charge in [-0.3, -0.25) is 0 Å². The van der Waals surface area contributed by atoms with Gasteiger partial charge in [0.1, 0.15) is 25.6 Å². The van der Waals surface area contributed by atoms with Gasteiger partial charge in [0.2, 0.25) is 0 Å². The number of fused-ring (bicyclic) bond motifs is 2. The smallest absolute Gasteiger partial charge is 0.161 e. The Balaban J connectivity index is 0.000000151. The van der Waals surface area contributed by atoms with Crippen molar-refractivity contribution in [3.05, 3.63) is 47.5 Å². The van der Waals surface area contributed by atoms with Crippen LogP contribution in [0.25, 0.3) is 0 Å². The normalized spacial score (nSPS) is 14.7. The van der Waals surface area contributed by atoms with Gasteiger partial charge in [-0.2, -0.15) is 0 Å². The summed E-state index contributed by atoms with van der Waals surface area (Å²) in [6.07, 6.45) is 0. The zero-order chi connectivity index (χ0) is 18.5. The van der Waals surface area contributed by atoms with Crippen LogP contribution in [0.2, 0.25) is 0 Å². The van der Waals surface area contributed by atoms with Gasteiger partial charge in [0.25, 0.3) is 0 Å².